The molecular formula is C17H16BrNO4. The summed E-state index contributed by atoms with van der Waals surface area (Å²) in [5.74, 6) is -0.640. The number of halogens is 1. The Morgan fingerprint density at radius 1 is 1.17 bits per heavy atom. The second kappa shape index (κ2) is 7.78. The van der Waals surface area contributed by atoms with Crippen LogP contribution in [0, 0.1) is 0 Å². The number of rotatable bonds is 6. The van der Waals surface area contributed by atoms with Crippen LogP contribution in [0.4, 0.5) is 5.69 Å². The zero-order chi connectivity index (χ0) is 16.8. The van der Waals surface area contributed by atoms with Gasteiger partial charge in [0.2, 0.25) is 0 Å². The van der Waals surface area contributed by atoms with Gasteiger partial charge in [0.15, 0.2) is 6.61 Å². The third-order valence-corrected chi connectivity index (χ3v) is 3.67. The van der Waals surface area contributed by atoms with Gasteiger partial charge in [0, 0.05) is 10.2 Å². The predicted molar refractivity (Wildman–Crippen MR) is 91.0 cm³/mol. The largest absolute Gasteiger partial charge is 0.483 e. The normalized spacial score (nSPS) is 10.2. The summed E-state index contributed by atoms with van der Waals surface area (Å²) in [6.07, 6.45) is 0.799. The molecule has 0 aromatic heterocycles. The molecule has 0 radical (unpaired) electrons. The molecule has 0 saturated heterocycles. The van der Waals surface area contributed by atoms with E-state index in [1.165, 1.54) is 12.1 Å². The molecule has 120 valence electrons. The van der Waals surface area contributed by atoms with E-state index in [0.29, 0.717) is 11.4 Å². The number of carboxylic acid groups (broad SMARTS) is 1. The van der Waals surface area contributed by atoms with Crippen molar-refractivity contribution in [1.29, 1.82) is 0 Å². The molecule has 1 amide bonds. The third kappa shape index (κ3) is 4.82. The molecule has 23 heavy (non-hydrogen) atoms. The fraction of sp³-hybridized carbons (Fsp3) is 0.176. The number of hydrogen-bond acceptors (Lipinski definition) is 3. The van der Waals surface area contributed by atoms with Gasteiger partial charge in [-0.2, -0.15) is 0 Å². The van der Waals surface area contributed by atoms with Crippen LogP contribution >= 0.6 is 15.9 Å². The molecule has 0 fully saturated rings. The SMILES string of the molecule is CCc1cc(Br)ccc1OCC(=O)Nc1ccc(C(=O)O)cc1. The Hall–Kier alpha value is -2.34. The van der Waals surface area contributed by atoms with Crippen molar-refractivity contribution in [3.8, 4) is 5.75 Å². The van der Waals surface area contributed by atoms with Gasteiger partial charge < -0.3 is 15.2 Å². The van der Waals surface area contributed by atoms with Gasteiger partial charge in [-0.25, -0.2) is 4.79 Å². The van der Waals surface area contributed by atoms with Crippen LogP contribution in [-0.4, -0.2) is 23.6 Å². The van der Waals surface area contributed by atoms with Crippen molar-refractivity contribution >= 4 is 33.5 Å². The molecule has 0 heterocycles. The number of hydrogen-bond donors (Lipinski definition) is 2. The van der Waals surface area contributed by atoms with E-state index in [-0.39, 0.29) is 18.1 Å². The number of amides is 1. The molecule has 2 N–H and O–H groups in total. The fourth-order valence-corrected chi connectivity index (χ4v) is 2.41. The first-order valence-corrected chi connectivity index (χ1v) is 7.83. The monoisotopic (exact) mass is 377 g/mol. The summed E-state index contributed by atoms with van der Waals surface area (Å²) in [6, 6.07) is 11.6. The van der Waals surface area contributed by atoms with E-state index in [2.05, 4.69) is 21.2 Å². The summed E-state index contributed by atoms with van der Waals surface area (Å²) < 4.78 is 6.51. The fourth-order valence-electron chi connectivity index (χ4n) is 2.00. The Morgan fingerprint density at radius 2 is 1.87 bits per heavy atom. The van der Waals surface area contributed by atoms with E-state index in [0.717, 1.165) is 16.5 Å². The summed E-state index contributed by atoms with van der Waals surface area (Å²) in [7, 11) is 0. The summed E-state index contributed by atoms with van der Waals surface area (Å²) in [5.41, 5.74) is 1.70. The molecule has 0 saturated carbocycles. The lowest BCUT2D eigenvalue weighted by atomic mass is 10.1. The summed E-state index contributed by atoms with van der Waals surface area (Å²) >= 11 is 3.40. The molecule has 0 spiro atoms. The van der Waals surface area contributed by atoms with Crippen LogP contribution in [0.2, 0.25) is 0 Å². The van der Waals surface area contributed by atoms with Crippen LogP contribution in [0.3, 0.4) is 0 Å². The minimum absolute atomic E-state index is 0.116. The molecular weight excluding hydrogens is 362 g/mol. The molecule has 0 unspecified atom stereocenters. The van der Waals surface area contributed by atoms with Gasteiger partial charge in [0.1, 0.15) is 5.75 Å². The van der Waals surface area contributed by atoms with Crippen molar-refractivity contribution in [3.05, 3.63) is 58.1 Å². The van der Waals surface area contributed by atoms with Crippen LogP contribution in [0.25, 0.3) is 0 Å². The van der Waals surface area contributed by atoms with Crippen molar-refractivity contribution < 1.29 is 19.4 Å². The summed E-state index contributed by atoms with van der Waals surface area (Å²) in [6.45, 7) is 1.90. The third-order valence-electron chi connectivity index (χ3n) is 3.18. The van der Waals surface area contributed by atoms with Crippen LogP contribution in [0.15, 0.2) is 46.9 Å². The lowest BCUT2D eigenvalue weighted by Gasteiger charge is -2.11. The molecule has 6 heteroatoms. The zero-order valence-electron chi connectivity index (χ0n) is 12.5. The maximum atomic E-state index is 11.9. The molecule has 2 rings (SSSR count). The standard InChI is InChI=1S/C17H16BrNO4/c1-2-11-9-13(18)5-8-15(11)23-10-16(20)19-14-6-3-12(4-7-14)17(21)22/h3-9H,2,10H2,1H3,(H,19,20)(H,21,22). The van der Waals surface area contributed by atoms with Gasteiger partial charge in [-0.1, -0.05) is 22.9 Å². The second-order valence-corrected chi connectivity index (χ2v) is 5.74. The van der Waals surface area contributed by atoms with Crippen molar-refractivity contribution in [3.63, 3.8) is 0 Å². The highest BCUT2D eigenvalue weighted by atomic mass is 79.9. The van der Waals surface area contributed by atoms with Gasteiger partial charge in [-0.3, -0.25) is 4.79 Å². The van der Waals surface area contributed by atoms with Crippen LogP contribution in [0.1, 0.15) is 22.8 Å². The number of carbonyl (C=O) groups excluding carboxylic acids is 1. The Labute approximate surface area is 142 Å². The number of nitrogens with one attached hydrogen (secondary N) is 1. The first-order chi connectivity index (χ1) is 11.0. The van der Waals surface area contributed by atoms with Crippen molar-refractivity contribution in [1.82, 2.24) is 0 Å². The molecule has 2 aromatic rings. The lowest BCUT2D eigenvalue weighted by molar-refractivity contribution is -0.118. The number of anilines is 1. The highest BCUT2D eigenvalue weighted by Crippen LogP contribution is 2.23. The van der Waals surface area contributed by atoms with Crippen molar-refractivity contribution in [2.45, 2.75) is 13.3 Å². The molecule has 2 aromatic carbocycles. The number of benzene rings is 2. The number of ether oxygens (including phenoxy) is 1. The van der Waals surface area contributed by atoms with Crippen LogP contribution in [-0.2, 0) is 11.2 Å². The molecule has 0 aliphatic heterocycles. The first-order valence-electron chi connectivity index (χ1n) is 7.04. The molecule has 0 atom stereocenters. The molecule has 0 bridgehead atoms. The Morgan fingerprint density at radius 3 is 2.48 bits per heavy atom. The van der Waals surface area contributed by atoms with Gasteiger partial charge in [0.05, 0.1) is 5.56 Å². The van der Waals surface area contributed by atoms with Crippen LogP contribution in [0.5, 0.6) is 5.75 Å². The number of carbonyl (C=O) groups is 2. The minimum Gasteiger partial charge on any atom is -0.483 e. The first kappa shape index (κ1) is 17.0. The number of aryl methyl sites for hydroxylation is 1. The molecule has 0 aliphatic carbocycles. The van der Waals surface area contributed by atoms with E-state index in [9.17, 15) is 9.59 Å². The van der Waals surface area contributed by atoms with Gasteiger partial charge in [-0.05, 0) is 54.4 Å². The smallest absolute Gasteiger partial charge is 0.335 e. The second-order valence-electron chi connectivity index (χ2n) is 4.82. The molecule has 0 aliphatic rings. The van der Waals surface area contributed by atoms with E-state index in [1.54, 1.807) is 12.1 Å². The highest BCUT2D eigenvalue weighted by molar-refractivity contribution is 9.10. The number of aromatic carboxylic acids is 1. The maximum Gasteiger partial charge on any atom is 0.335 e. The molecule has 5 nitrogen and oxygen atoms in total. The van der Waals surface area contributed by atoms with E-state index < -0.39 is 5.97 Å². The Bertz CT molecular complexity index is 713. The topological polar surface area (TPSA) is 75.6 Å². The predicted octanol–water partition coefficient (Wildman–Crippen LogP) is 3.73. The van der Waals surface area contributed by atoms with E-state index in [4.69, 9.17) is 9.84 Å². The summed E-state index contributed by atoms with van der Waals surface area (Å²) in [4.78, 5) is 22.7. The zero-order valence-corrected chi connectivity index (χ0v) is 14.1. The summed E-state index contributed by atoms with van der Waals surface area (Å²) in [5, 5.41) is 11.5. The maximum absolute atomic E-state index is 11.9. The average Bonchev–Trinajstić information content (AvgIpc) is 2.54. The van der Waals surface area contributed by atoms with Gasteiger partial charge in [0.25, 0.3) is 5.91 Å². The van der Waals surface area contributed by atoms with E-state index >= 15 is 0 Å². The van der Waals surface area contributed by atoms with Crippen molar-refractivity contribution in [2.24, 2.45) is 0 Å². The Balaban J connectivity index is 1.94. The van der Waals surface area contributed by atoms with E-state index in [1.807, 2.05) is 25.1 Å². The van der Waals surface area contributed by atoms with Gasteiger partial charge >= 0.3 is 5.97 Å². The van der Waals surface area contributed by atoms with Crippen LogP contribution < -0.4 is 10.1 Å². The highest BCUT2D eigenvalue weighted by Gasteiger charge is 2.08. The quantitative estimate of drug-likeness (QED) is 0.803. The minimum atomic E-state index is -1.01. The lowest BCUT2D eigenvalue weighted by Crippen LogP contribution is -2.20. The van der Waals surface area contributed by atoms with Gasteiger partial charge in [-0.15, -0.1) is 0 Å². The Kier molecular flexibility index (Phi) is 5.76. The van der Waals surface area contributed by atoms with Crippen molar-refractivity contribution in [2.75, 3.05) is 11.9 Å². The number of carboxylic acids is 1. The average molecular weight is 378 g/mol.